The zero-order valence-electron chi connectivity index (χ0n) is 12.4. The minimum atomic E-state index is -0.207. The van der Waals surface area contributed by atoms with Gasteiger partial charge in [-0.2, -0.15) is 0 Å². The van der Waals surface area contributed by atoms with Gasteiger partial charge in [0.15, 0.2) is 0 Å². The van der Waals surface area contributed by atoms with Crippen LogP contribution in [0.15, 0.2) is 49.1 Å². The second-order valence-electron chi connectivity index (χ2n) is 4.94. The molecular weight excluding hydrogens is 262 g/mol. The van der Waals surface area contributed by atoms with Gasteiger partial charge in [0.2, 0.25) is 5.91 Å². The number of amides is 1. The quantitative estimate of drug-likeness (QED) is 0.598. The van der Waals surface area contributed by atoms with E-state index in [1.54, 1.807) is 0 Å². The van der Waals surface area contributed by atoms with Crippen molar-refractivity contribution in [3.8, 4) is 5.75 Å². The molecule has 2 aromatic rings. The predicted molar refractivity (Wildman–Crippen MR) is 87.8 cm³/mol. The summed E-state index contributed by atoms with van der Waals surface area (Å²) in [4.78, 5) is 11.3. The summed E-state index contributed by atoms with van der Waals surface area (Å²) in [5, 5.41) is 4.87. The van der Waals surface area contributed by atoms with Crippen LogP contribution in [-0.2, 0) is 4.79 Å². The maximum atomic E-state index is 11.3. The summed E-state index contributed by atoms with van der Waals surface area (Å²) in [6.45, 7) is 6.37. The van der Waals surface area contributed by atoms with E-state index in [9.17, 15) is 4.79 Å². The van der Waals surface area contributed by atoms with E-state index in [1.807, 2.05) is 36.4 Å². The van der Waals surface area contributed by atoms with Crippen LogP contribution >= 0.6 is 0 Å². The summed E-state index contributed by atoms with van der Waals surface area (Å²) < 4.78 is 5.86. The fourth-order valence-corrected chi connectivity index (χ4v) is 2.19. The third-order valence-corrected chi connectivity index (χ3v) is 3.30. The van der Waals surface area contributed by atoms with Gasteiger partial charge in [-0.3, -0.25) is 4.79 Å². The van der Waals surface area contributed by atoms with Crippen molar-refractivity contribution >= 4 is 22.4 Å². The molecule has 110 valence electrons. The number of carbonyl (C=O) groups excluding carboxylic acids is 1. The van der Waals surface area contributed by atoms with E-state index >= 15 is 0 Å². The van der Waals surface area contributed by atoms with Crippen molar-refractivity contribution in [3.63, 3.8) is 0 Å². The second-order valence-corrected chi connectivity index (χ2v) is 4.94. The highest BCUT2D eigenvalue weighted by molar-refractivity contribution is 6.01. The van der Waals surface area contributed by atoms with Gasteiger partial charge in [-0.05, 0) is 42.1 Å². The van der Waals surface area contributed by atoms with Crippen LogP contribution in [0.5, 0.6) is 5.75 Å². The summed E-state index contributed by atoms with van der Waals surface area (Å²) in [6.07, 6.45) is 4.70. The molecule has 0 spiro atoms. The van der Waals surface area contributed by atoms with Gasteiger partial charge in [0.1, 0.15) is 5.75 Å². The smallest absolute Gasteiger partial charge is 0.247 e. The van der Waals surface area contributed by atoms with Gasteiger partial charge in [0.05, 0.1) is 6.61 Å². The molecule has 1 N–H and O–H groups in total. The molecule has 3 nitrogen and oxygen atoms in total. The number of nitrogens with one attached hydrogen (secondary N) is 1. The van der Waals surface area contributed by atoms with E-state index in [-0.39, 0.29) is 5.91 Å². The number of fused-ring (bicyclic) bond motifs is 1. The SMILES string of the molecule is C=CC(=O)Nc1ccc2c(OCCCCC)cccc2c1. The Balaban J connectivity index is 2.17. The highest BCUT2D eigenvalue weighted by Crippen LogP contribution is 2.28. The number of hydrogen-bond acceptors (Lipinski definition) is 2. The predicted octanol–water partition coefficient (Wildman–Crippen LogP) is 4.53. The number of anilines is 1. The minimum absolute atomic E-state index is 0.207. The maximum Gasteiger partial charge on any atom is 0.247 e. The minimum Gasteiger partial charge on any atom is -0.493 e. The van der Waals surface area contributed by atoms with Crippen LogP contribution in [0, 0.1) is 0 Å². The summed E-state index contributed by atoms with van der Waals surface area (Å²) in [5.41, 5.74) is 0.760. The number of rotatable bonds is 7. The molecule has 21 heavy (non-hydrogen) atoms. The van der Waals surface area contributed by atoms with E-state index in [0.29, 0.717) is 0 Å². The summed E-state index contributed by atoms with van der Waals surface area (Å²) in [7, 11) is 0. The monoisotopic (exact) mass is 283 g/mol. The molecule has 0 saturated heterocycles. The molecule has 0 fully saturated rings. The normalized spacial score (nSPS) is 10.3. The highest BCUT2D eigenvalue weighted by Gasteiger charge is 2.04. The number of unbranched alkanes of at least 4 members (excludes halogenated alkanes) is 2. The van der Waals surface area contributed by atoms with Crippen molar-refractivity contribution in [1.82, 2.24) is 0 Å². The van der Waals surface area contributed by atoms with E-state index in [1.165, 1.54) is 18.9 Å². The average Bonchev–Trinajstić information content (AvgIpc) is 2.51. The Hall–Kier alpha value is -2.29. The van der Waals surface area contributed by atoms with Crippen LogP contribution in [0.4, 0.5) is 5.69 Å². The van der Waals surface area contributed by atoms with Crippen molar-refractivity contribution < 1.29 is 9.53 Å². The van der Waals surface area contributed by atoms with Crippen molar-refractivity contribution in [2.75, 3.05) is 11.9 Å². The molecule has 0 bridgehead atoms. The first-order valence-electron chi connectivity index (χ1n) is 7.33. The van der Waals surface area contributed by atoms with Gasteiger partial charge in [0.25, 0.3) is 0 Å². The fourth-order valence-electron chi connectivity index (χ4n) is 2.19. The molecule has 0 aliphatic carbocycles. The molecule has 0 unspecified atom stereocenters. The Morgan fingerprint density at radius 3 is 2.90 bits per heavy atom. The maximum absolute atomic E-state index is 11.3. The van der Waals surface area contributed by atoms with Crippen molar-refractivity contribution in [2.45, 2.75) is 26.2 Å². The Morgan fingerprint density at radius 2 is 2.14 bits per heavy atom. The molecule has 0 atom stereocenters. The lowest BCUT2D eigenvalue weighted by atomic mass is 10.1. The lowest BCUT2D eigenvalue weighted by molar-refractivity contribution is -0.111. The lowest BCUT2D eigenvalue weighted by Gasteiger charge is -2.10. The molecule has 0 saturated carbocycles. The Morgan fingerprint density at radius 1 is 1.29 bits per heavy atom. The number of ether oxygens (including phenoxy) is 1. The molecule has 0 heterocycles. The first-order chi connectivity index (χ1) is 10.2. The van der Waals surface area contributed by atoms with Gasteiger partial charge in [-0.1, -0.05) is 38.5 Å². The first kappa shape index (κ1) is 15.1. The number of hydrogen-bond donors (Lipinski definition) is 1. The number of benzene rings is 2. The van der Waals surface area contributed by atoms with Crippen LogP contribution in [0.3, 0.4) is 0 Å². The second kappa shape index (κ2) is 7.48. The van der Waals surface area contributed by atoms with E-state index in [2.05, 4.69) is 18.8 Å². The topological polar surface area (TPSA) is 38.3 Å². The third-order valence-electron chi connectivity index (χ3n) is 3.30. The van der Waals surface area contributed by atoms with Crippen molar-refractivity contribution in [3.05, 3.63) is 49.1 Å². The molecule has 2 rings (SSSR count). The summed E-state index contributed by atoms with van der Waals surface area (Å²) in [5.74, 6) is 0.687. The van der Waals surface area contributed by atoms with Crippen LogP contribution < -0.4 is 10.1 Å². The average molecular weight is 283 g/mol. The molecular formula is C18H21NO2. The molecule has 3 heteroatoms. The Kier molecular flexibility index (Phi) is 5.38. The summed E-state index contributed by atoms with van der Waals surface area (Å²) in [6, 6.07) is 11.8. The lowest BCUT2D eigenvalue weighted by Crippen LogP contribution is -2.06. The zero-order valence-corrected chi connectivity index (χ0v) is 12.4. The van der Waals surface area contributed by atoms with E-state index in [4.69, 9.17) is 4.74 Å². The van der Waals surface area contributed by atoms with Gasteiger partial charge in [-0.15, -0.1) is 0 Å². The molecule has 1 amide bonds. The van der Waals surface area contributed by atoms with Crippen LogP contribution in [0.2, 0.25) is 0 Å². The molecule has 2 aromatic carbocycles. The molecule has 0 aromatic heterocycles. The molecule has 0 radical (unpaired) electrons. The van der Waals surface area contributed by atoms with Gasteiger partial charge in [0, 0.05) is 11.1 Å². The molecule has 0 aliphatic heterocycles. The first-order valence-corrected chi connectivity index (χ1v) is 7.33. The van der Waals surface area contributed by atoms with Crippen LogP contribution in [-0.4, -0.2) is 12.5 Å². The van der Waals surface area contributed by atoms with Gasteiger partial charge >= 0.3 is 0 Å². The highest BCUT2D eigenvalue weighted by atomic mass is 16.5. The Bertz CT molecular complexity index is 634. The molecule has 0 aliphatic rings. The number of carbonyl (C=O) groups is 1. The van der Waals surface area contributed by atoms with Crippen LogP contribution in [0.1, 0.15) is 26.2 Å². The van der Waals surface area contributed by atoms with Crippen molar-refractivity contribution in [1.29, 1.82) is 0 Å². The zero-order chi connectivity index (χ0) is 15.1. The van der Waals surface area contributed by atoms with E-state index < -0.39 is 0 Å². The summed E-state index contributed by atoms with van der Waals surface area (Å²) >= 11 is 0. The van der Waals surface area contributed by atoms with Gasteiger partial charge in [-0.25, -0.2) is 0 Å². The Labute approximate surface area is 125 Å². The van der Waals surface area contributed by atoms with Gasteiger partial charge < -0.3 is 10.1 Å². The van der Waals surface area contributed by atoms with E-state index in [0.717, 1.165) is 35.2 Å². The standard InChI is InChI=1S/C18H21NO2/c1-3-5-6-12-21-17-9-7-8-14-13-15(10-11-16(14)17)19-18(20)4-2/h4,7-11,13H,2-3,5-6,12H2,1H3,(H,19,20). The fraction of sp³-hybridized carbons (Fsp3) is 0.278. The largest absolute Gasteiger partial charge is 0.493 e. The third kappa shape index (κ3) is 4.09. The van der Waals surface area contributed by atoms with Crippen LogP contribution in [0.25, 0.3) is 10.8 Å². The van der Waals surface area contributed by atoms with Crippen molar-refractivity contribution in [2.24, 2.45) is 0 Å².